The molecule has 3 unspecified atom stereocenters. The molecular weight excluding hydrogens is 170 g/mol. The van der Waals surface area contributed by atoms with Gasteiger partial charge in [-0.05, 0) is 25.8 Å². The highest BCUT2D eigenvalue weighted by molar-refractivity contribution is 7.86. The maximum atomic E-state index is 11.8. The third-order valence-electron chi connectivity index (χ3n) is 2.24. The van der Waals surface area contributed by atoms with Gasteiger partial charge in [0.15, 0.2) is 0 Å². The van der Waals surface area contributed by atoms with Gasteiger partial charge >= 0.3 is 0 Å². The van der Waals surface area contributed by atoms with Gasteiger partial charge in [-0.2, -0.15) is 0 Å². The lowest BCUT2D eigenvalue weighted by Crippen LogP contribution is -2.25. The smallest absolute Gasteiger partial charge is 0.0360 e. The largest absolute Gasteiger partial charge is 0.330 e. The summed E-state index contributed by atoms with van der Waals surface area (Å²) < 4.78 is 11.8. The van der Waals surface area contributed by atoms with Crippen LogP contribution in [0.25, 0.3) is 0 Å². The van der Waals surface area contributed by atoms with Gasteiger partial charge in [0.2, 0.25) is 0 Å². The Hall–Kier alpha value is 0.110. The van der Waals surface area contributed by atoms with Gasteiger partial charge in [-0.25, -0.2) is 0 Å². The molecule has 0 fully saturated rings. The SMILES string of the molecule is CCC(C)S(=O)C(CC)CCN. The highest BCUT2D eigenvalue weighted by Gasteiger charge is 2.18. The highest BCUT2D eigenvalue weighted by Crippen LogP contribution is 2.12. The molecule has 3 atom stereocenters. The van der Waals surface area contributed by atoms with Crippen molar-refractivity contribution in [1.82, 2.24) is 0 Å². The van der Waals surface area contributed by atoms with E-state index in [2.05, 4.69) is 20.8 Å². The van der Waals surface area contributed by atoms with E-state index in [-0.39, 0.29) is 0 Å². The molecule has 2 N–H and O–H groups in total. The van der Waals surface area contributed by atoms with Gasteiger partial charge in [-0.3, -0.25) is 4.21 Å². The Morgan fingerprint density at radius 2 is 1.92 bits per heavy atom. The molecule has 0 saturated heterocycles. The molecule has 0 rings (SSSR count). The van der Waals surface area contributed by atoms with Crippen molar-refractivity contribution in [3.8, 4) is 0 Å². The first-order valence-electron chi connectivity index (χ1n) is 4.76. The number of nitrogens with two attached hydrogens (primary N) is 1. The second-order valence-electron chi connectivity index (χ2n) is 3.16. The van der Waals surface area contributed by atoms with E-state index in [0.717, 1.165) is 19.3 Å². The molecule has 0 aromatic rings. The van der Waals surface area contributed by atoms with Crippen molar-refractivity contribution in [1.29, 1.82) is 0 Å². The lowest BCUT2D eigenvalue weighted by Gasteiger charge is -2.17. The Balaban J connectivity index is 4.01. The molecule has 0 amide bonds. The molecule has 0 spiro atoms. The molecule has 0 saturated carbocycles. The lowest BCUT2D eigenvalue weighted by molar-refractivity contribution is 0.636. The maximum absolute atomic E-state index is 11.8. The van der Waals surface area contributed by atoms with Gasteiger partial charge in [-0.1, -0.05) is 20.8 Å². The minimum atomic E-state index is -0.682. The fourth-order valence-electron chi connectivity index (χ4n) is 1.16. The molecule has 0 aliphatic heterocycles. The molecular formula is C9H21NOS. The fourth-order valence-corrected chi connectivity index (χ4v) is 2.85. The molecule has 3 heteroatoms. The van der Waals surface area contributed by atoms with E-state index < -0.39 is 10.8 Å². The lowest BCUT2D eigenvalue weighted by atomic mass is 10.2. The first-order chi connectivity index (χ1) is 5.67. The quantitative estimate of drug-likeness (QED) is 0.694. The van der Waals surface area contributed by atoms with Crippen molar-refractivity contribution in [2.75, 3.05) is 6.54 Å². The van der Waals surface area contributed by atoms with E-state index in [1.54, 1.807) is 0 Å². The summed E-state index contributed by atoms with van der Waals surface area (Å²) in [5.74, 6) is 0. The van der Waals surface area contributed by atoms with Gasteiger partial charge in [0, 0.05) is 21.3 Å². The van der Waals surface area contributed by atoms with Crippen LogP contribution in [-0.4, -0.2) is 21.3 Å². The third kappa shape index (κ3) is 3.68. The van der Waals surface area contributed by atoms with Crippen LogP contribution in [-0.2, 0) is 10.8 Å². The van der Waals surface area contributed by atoms with Crippen LogP contribution in [0, 0.1) is 0 Å². The molecule has 0 bridgehead atoms. The second kappa shape index (κ2) is 6.61. The highest BCUT2D eigenvalue weighted by atomic mass is 32.2. The fraction of sp³-hybridized carbons (Fsp3) is 1.00. The van der Waals surface area contributed by atoms with Crippen molar-refractivity contribution < 1.29 is 4.21 Å². The molecule has 0 heterocycles. The molecule has 0 aromatic carbocycles. The van der Waals surface area contributed by atoms with Crippen LogP contribution in [0.1, 0.15) is 40.0 Å². The summed E-state index contributed by atoms with van der Waals surface area (Å²) in [4.78, 5) is 0. The summed E-state index contributed by atoms with van der Waals surface area (Å²) in [5.41, 5.74) is 5.45. The topological polar surface area (TPSA) is 43.1 Å². The van der Waals surface area contributed by atoms with Crippen LogP contribution in [0.2, 0.25) is 0 Å². The zero-order chi connectivity index (χ0) is 9.56. The van der Waals surface area contributed by atoms with Gasteiger partial charge < -0.3 is 5.73 Å². The second-order valence-corrected chi connectivity index (χ2v) is 5.28. The molecule has 0 aliphatic carbocycles. The number of rotatable bonds is 6. The van der Waals surface area contributed by atoms with Crippen LogP contribution >= 0.6 is 0 Å². The molecule has 0 aliphatic rings. The van der Waals surface area contributed by atoms with Crippen LogP contribution in [0.4, 0.5) is 0 Å². The predicted molar refractivity (Wildman–Crippen MR) is 55.6 cm³/mol. The summed E-state index contributed by atoms with van der Waals surface area (Å²) in [6.45, 7) is 6.87. The Labute approximate surface area is 78.4 Å². The summed E-state index contributed by atoms with van der Waals surface area (Å²) in [5, 5.41) is 0.631. The van der Waals surface area contributed by atoms with Crippen LogP contribution in [0.5, 0.6) is 0 Å². The van der Waals surface area contributed by atoms with E-state index in [0.29, 0.717) is 17.0 Å². The first kappa shape index (κ1) is 12.1. The van der Waals surface area contributed by atoms with Gasteiger partial charge in [-0.15, -0.1) is 0 Å². The summed E-state index contributed by atoms with van der Waals surface area (Å²) in [6, 6.07) is 0. The molecule has 74 valence electrons. The zero-order valence-electron chi connectivity index (χ0n) is 8.38. The van der Waals surface area contributed by atoms with Crippen LogP contribution in [0.15, 0.2) is 0 Å². The van der Waals surface area contributed by atoms with Gasteiger partial charge in [0.1, 0.15) is 0 Å². The van der Waals surface area contributed by atoms with E-state index in [1.807, 2.05) is 0 Å². The zero-order valence-corrected chi connectivity index (χ0v) is 9.19. The monoisotopic (exact) mass is 191 g/mol. The molecule has 0 radical (unpaired) electrons. The Morgan fingerprint density at radius 1 is 1.33 bits per heavy atom. The van der Waals surface area contributed by atoms with Crippen molar-refractivity contribution in [3.05, 3.63) is 0 Å². The molecule has 12 heavy (non-hydrogen) atoms. The molecule has 0 aromatic heterocycles. The summed E-state index contributed by atoms with van der Waals surface area (Å²) in [6.07, 6.45) is 2.87. The number of hydrogen-bond donors (Lipinski definition) is 1. The average Bonchev–Trinajstić information content (AvgIpc) is 2.11. The third-order valence-corrected chi connectivity index (χ3v) is 4.60. The van der Waals surface area contributed by atoms with Gasteiger partial charge in [0.05, 0.1) is 0 Å². The van der Waals surface area contributed by atoms with Crippen molar-refractivity contribution in [3.63, 3.8) is 0 Å². The average molecular weight is 191 g/mol. The van der Waals surface area contributed by atoms with Crippen molar-refractivity contribution in [2.24, 2.45) is 5.73 Å². The Bertz CT molecular complexity index is 138. The minimum absolute atomic E-state index is 0.310. The Morgan fingerprint density at radius 3 is 2.25 bits per heavy atom. The van der Waals surface area contributed by atoms with Crippen molar-refractivity contribution >= 4 is 10.8 Å². The predicted octanol–water partition coefficient (Wildman–Crippen LogP) is 1.66. The van der Waals surface area contributed by atoms with Crippen LogP contribution in [0.3, 0.4) is 0 Å². The maximum Gasteiger partial charge on any atom is 0.0360 e. The molecule has 2 nitrogen and oxygen atoms in total. The normalized spacial score (nSPS) is 18.7. The van der Waals surface area contributed by atoms with Crippen molar-refractivity contribution in [2.45, 2.75) is 50.5 Å². The van der Waals surface area contributed by atoms with Gasteiger partial charge in [0.25, 0.3) is 0 Å². The standard InChI is InChI=1S/C9H21NOS/c1-4-8(3)12(11)9(5-2)6-7-10/h8-9H,4-7,10H2,1-3H3. The minimum Gasteiger partial charge on any atom is -0.330 e. The summed E-state index contributed by atoms with van der Waals surface area (Å²) in [7, 11) is -0.682. The summed E-state index contributed by atoms with van der Waals surface area (Å²) >= 11 is 0. The van der Waals surface area contributed by atoms with E-state index in [9.17, 15) is 4.21 Å². The number of hydrogen-bond acceptors (Lipinski definition) is 2. The van der Waals surface area contributed by atoms with E-state index in [4.69, 9.17) is 5.73 Å². The van der Waals surface area contributed by atoms with E-state index in [1.165, 1.54) is 0 Å². The Kier molecular flexibility index (Phi) is 6.67. The van der Waals surface area contributed by atoms with E-state index >= 15 is 0 Å². The first-order valence-corrected chi connectivity index (χ1v) is 6.04. The van der Waals surface area contributed by atoms with Crippen LogP contribution < -0.4 is 5.73 Å².